The smallest absolute Gasteiger partial charge is 0.286 e. The monoisotopic (exact) mass is 468 g/mol. The number of hydrogen-bond acceptors (Lipinski definition) is 7. The number of nitrogens with one attached hydrogen (secondary N) is 1. The molecule has 0 bridgehead atoms. The van der Waals surface area contributed by atoms with Crippen molar-refractivity contribution in [1.82, 2.24) is 9.62 Å². The Morgan fingerprint density at radius 1 is 1.25 bits per heavy atom. The number of hydrogen-bond donors (Lipinski definition) is 2. The van der Waals surface area contributed by atoms with Crippen molar-refractivity contribution in [2.24, 2.45) is 5.92 Å². The molecule has 1 heterocycles. The highest BCUT2D eigenvalue weighted by atomic mass is 32.2. The van der Waals surface area contributed by atoms with Crippen molar-refractivity contribution in [3.63, 3.8) is 0 Å². The van der Waals surface area contributed by atoms with Gasteiger partial charge < -0.3 is 24.6 Å². The fourth-order valence-electron chi connectivity index (χ4n) is 3.55. The van der Waals surface area contributed by atoms with Gasteiger partial charge in [0.25, 0.3) is 5.91 Å². The molecule has 3 rings (SSSR count). The third-order valence-corrected chi connectivity index (χ3v) is 7.53. The van der Waals surface area contributed by atoms with E-state index in [1.54, 1.807) is 18.2 Å². The first-order chi connectivity index (χ1) is 15.3. The van der Waals surface area contributed by atoms with Crippen molar-refractivity contribution in [3.05, 3.63) is 36.1 Å². The van der Waals surface area contributed by atoms with Gasteiger partial charge in [0, 0.05) is 25.6 Å². The van der Waals surface area contributed by atoms with E-state index >= 15 is 0 Å². The highest BCUT2D eigenvalue weighted by Crippen LogP contribution is 2.25. The molecule has 1 aromatic rings. The number of carbonyl (C=O) groups excluding carboxylic acids is 1. The van der Waals surface area contributed by atoms with Gasteiger partial charge in [0.2, 0.25) is 16.3 Å². The predicted octanol–water partition coefficient (Wildman–Crippen LogP) is 1.63. The molecule has 0 saturated heterocycles. The summed E-state index contributed by atoms with van der Waals surface area (Å²) in [5.74, 6) is 0.653. The third kappa shape index (κ3) is 6.22. The van der Waals surface area contributed by atoms with Gasteiger partial charge in [-0.05, 0) is 55.5 Å². The zero-order valence-corrected chi connectivity index (χ0v) is 19.3. The van der Waals surface area contributed by atoms with Crippen LogP contribution in [-0.4, -0.2) is 69.5 Å². The van der Waals surface area contributed by atoms with Gasteiger partial charge in [0.1, 0.15) is 5.75 Å². The van der Waals surface area contributed by atoms with Crippen LogP contribution in [0.1, 0.15) is 32.6 Å². The van der Waals surface area contributed by atoms with Gasteiger partial charge in [-0.2, -0.15) is 4.31 Å². The first-order valence-electron chi connectivity index (χ1n) is 10.9. The van der Waals surface area contributed by atoms with Crippen LogP contribution in [0.15, 0.2) is 41.0 Å². The topological polar surface area (TPSA) is 114 Å². The van der Waals surface area contributed by atoms with E-state index in [1.807, 2.05) is 6.92 Å². The summed E-state index contributed by atoms with van der Waals surface area (Å²) >= 11 is 0. The van der Waals surface area contributed by atoms with Crippen molar-refractivity contribution >= 4 is 15.9 Å². The number of rotatable bonds is 11. The molecule has 1 aromatic carbocycles. The number of carbonyl (C=O) groups is 1. The molecule has 2 atom stereocenters. The molecule has 9 nitrogen and oxygen atoms in total. The summed E-state index contributed by atoms with van der Waals surface area (Å²) in [4.78, 5) is 12.5. The van der Waals surface area contributed by atoms with Gasteiger partial charge >= 0.3 is 0 Å². The maximum atomic E-state index is 13.0. The standard InChI is InChI=1S/C22H32N2O7S/c1-16-14-20(22(26)23-17-4-3-5-17)31-21(15-16)30-13-11-24(10-12-25)32(27,28)19-8-6-18(29-2)7-9-19/h6-9,14,16-17,21,25H,3-5,10-13,15H2,1-2H3,(H,23,26)/t16-,21+/m0/s1. The van der Waals surface area contributed by atoms with Crippen molar-refractivity contribution in [2.45, 2.75) is 49.8 Å². The Labute approximate surface area is 189 Å². The lowest BCUT2D eigenvalue weighted by atomic mass is 9.93. The van der Waals surface area contributed by atoms with Crippen molar-refractivity contribution < 1.29 is 32.5 Å². The number of ether oxygens (including phenoxy) is 3. The maximum Gasteiger partial charge on any atom is 0.286 e. The van der Waals surface area contributed by atoms with Crippen LogP contribution in [0, 0.1) is 5.92 Å². The first kappa shape index (κ1) is 24.5. The molecule has 1 saturated carbocycles. The molecule has 1 amide bonds. The lowest BCUT2D eigenvalue weighted by molar-refractivity contribution is -0.149. The molecule has 1 fully saturated rings. The number of benzene rings is 1. The minimum atomic E-state index is -3.81. The number of aliphatic hydroxyl groups is 1. The van der Waals surface area contributed by atoms with E-state index < -0.39 is 16.3 Å². The summed E-state index contributed by atoms with van der Waals surface area (Å²) in [6.45, 7) is 1.69. The summed E-state index contributed by atoms with van der Waals surface area (Å²) in [6, 6.07) is 6.27. The molecule has 2 aliphatic rings. The zero-order chi connectivity index (χ0) is 23.1. The van der Waals surface area contributed by atoms with Crippen LogP contribution in [0.5, 0.6) is 5.75 Å². The second-order valence-corrected chi connectivity index (χ2v) is 10.0. The second-order valence-electron chi connectivity index (χ2n) is 8.07. The molecule has 0 radical (unpaired) electrons. The summed E-state index contributed by atoms with van der Waals surface area (Å²) in [7, 11) is -2.31. The number of aliphatic hydroxyl groups excluding tert-OH is 1. The minimum Gasteiger partial charge on any atom is -0.497 e. The van der Waals surface area contributed by atoms with E-state index in [0.717, 1.165) is 19.3 Å². The van der Waals surface area contributed by atoms with Crippen LogP contribution in [0.2, 0.25) is 0 Å². The average Bonchev–Trinajstić information content (AvgIpc) is 2.75. The SMILES string of the molecule is COc1ccc(S(=O)(=O)N(CCO)CCO[C@H]2C[C@@H](C)C=C(C(=O)NC3CCC3)O2)cc1. The molecule has 32 heavy (non-hydrogen) atoms. The van der Waals surface area contributed by atoms with Crippen LogP contribution in [0.4, 0.5) is 0 Å². The molecule has 178 valence electrons. The van der Waals surface area contributed by atoms with Gasteiger partial charge in [0.15, 0.2) is 5.76 Å². The summed E-state index contributed by atoms with van der Waals surface area (Å²) in [5, 5.41) is 12.3. The molecule has 10 heteroatoms. The Kier molecular flexibility index (Phi) is 8.52. The van der Waals surface area contributed by atoms with E-state index in [-0.39, 0.29) is 54.8 Å². The van der Waals surface area contributed by atoms with E-state index in [9.17, 15) is 18.3 Å². The summed E-state index contributed by atoms with van der Waals surface area (Å²) in [6.07, 6.45) is 4.80. The highest BCUT2D eigenvalue weighted by molar-refractivity contribution is 7.89. The van der Waals surface area contributed by atoms with Gasteiger partial charge in [-0.3, -0.25) is 4.79 Å². The molecule has 1 aliphatic carbocycles. The fraction of sp³-hybridized carbons (Fsp3) is 0.591. The number of amides is 1. The van der Waals surface area contributed by atoms with Crippen LogP contribution in [0.3, 0.4) is 0 Å². The molecular weight excluding hydrogens is 436 g/mol. The van der Waals surface area contributed by atoms with Crippen molar-refractivity contribution in [1.29, 1.82) is 0 Å². The van der Waals surface area contributed by atoms with E-state index in [4.69, 9.17) is 14.2 Å². The van der Waals surface area contributed by atoms with Crippen LogP contribution in [0.25, 0.3) is 0 Å². The van der Waals surface area contributed by atoms with Crippen LogP contribution in [-0.2, 0) is 24.3 Å². The van der Waals surface area contributed by atoms with E-state index in [2.05, 4.69) is 5.32 Å². The average molecular weight is 469 g/mol. The highest BCUT2D eigenvalue weighted by Gasteiger charge is 2.29. The Hall–Kier alpha value is -2.14. The Bertz CT molecular complexity index is 897. The maximum absolute atomic E-state index is 13.0. The quantitative estimate of drug-likeness (QED) is 0.507. The molecule has 0 spiro atoms. The Morgan fingerprint density at radius 3 is 2.56 bits per heavy atom. The number of nitrogens with zero attached hydrogens (tertiary/aromatic N) is 1. The third-order valence-electron chi connectivity index (χ3n) is 5.61. The molecule has 1 aliphatic heterocycles. The van der Waals surface area contributed by atoms with Gasteiger partial charge in [-0.1, -0.05) is 6.92 Å². The molecular formula is C22H32N2O7S. The lowest BCUT2D eigenvalue weighted by Gasteiger charge is -2.31. The fourth-order valence-corrected chi connectivity index (χ4v) is 4.96. The number of methoxy groups -OCH3 is 1. The summed E-state index contributed by atoms with van der Waals surface area (Å²) < 4.78 is 43.7. The van der Waals surface area contributed by atoms with Gasteiger partial charge in [-0.25, -0.2) is 8.42 Å². The number of sulfonamides is 1. The minimum absolute atomic E-state index is 0.0382. The summed E-state index contributed by atoms with van der Waals surface area (Å²) in [5.41, 5.74) is 0. The first-order valence-corrected chi connectivity index (χ1v) is 12.3. The molecule has 0 aromatic heterocycles. The van der Waals surface area contributed by atoms with Crippen molar-refractivity contribution in [2.75, 3.05) is 33.4 Å². The zero-order valence-electron chi connectivity index (χ0n) is 18.5. The van der Waals surface area contributed by atoms with Gasteiger partial charge in [-0.15, -0.1) is 0 Å². The number of allylic oxidation sites excluding steroid dienone is 1. The molecule has 2 N–H and O–H groups in total. The Morgan fingerprint density at radius 2 is 1.97 bits per heavy atom. The normalized spacial score (nSPS) is 21.4. The second kappa shape index (κ2) is 11.1. The van der Waals surface area contributed by atoms with E-state index in [1.165, 1.54) is 23.5 Å². The van der Waals surface area contributed by atoms with Crippen LogP contribution < -0.4 is 10.1 Å². The Balaban J connectivity index is 1.56. The largest absolute Gasteiger partial charge is 0.497 e. The van der Waals surface area contributed by atoms with Gasteiger partial charge in [0.05, 0.1) is 25.2 Å². The molecule has 0 unspecified atom stereocenters. The lowest BCUT2D eigenvalue weighted by Crippen LogP contribution is -2.42. The van der Waals surface area contributed by atoms with Crippen molar-refractivity contribution in [3.8, 4) is 5.75 Å². The van der Waals surface area contributed by atoms with Crippen LogP contribution >= 0.6 is 0 Å². The van der Waals surface area contributed by atoms with E-state index in [0.29, 0.717) is 12.2 Å². The predicted molar refractivity (Wildman–Crippen MR) is 117 cm³/mol.